The van der Waals surface area contributed by atoms with Crippen LogP contribution in [0.15, 0.2) is 16.3 Å². The van der Waals surface area contributed by atoms with Crippen molar-refractivity contribution in [3.8, 4) is 0 Å². The third-order valence-electron chi connectivity index (χ3n) is 3.68. The number of carbonyl (C=O) groups is 1. The molecule has 0 unspecified atom stereocenters. The molecule has 1 amide bonds. The van der Waals surface area contributed by atoms with Crippen molar-refractivity contribution < 1.29 is 13.2 Å². The maximum atomic E-state index is 12.4. The summed E-state index contributed by atoms with van der Waals surface area (Å²) in [5.41, 5.74) is 0. The van der Waals surface area contributed by atoms with E-state index in [9.17, 15) is 13.2 Å². The zero-order valence-corrected chi connectivity index (χ0v) is 16.4. The molecule has 6 nitrogen and oxygen atoms in total. The van der Waals surface area contributed by atoms with E-state index in [1.54, 1.807) is 12.1 Å². The predicted molar refractivity (Wildman–Crippen MR) is 99.4 cm³/mol. The molecule has 0 saturated carbocycles. The fraction of sp³-hybridized carbons (Fsp3) is 0.667. The quantitative estimate of drug-likeness (QED) is 0.622. The van der Waals surface area contributed by atoms with E-state index < -0.39 is 10.0 Å². The molecular formula is C15H26ClN3O3S2. The summed E-state index contributed by atoms with van der Waals surface area (Å²) in [4.78, 5) is 12.6. The Bertz CT molecular complexity index is 613. The Hall–Kier alpha value is -0.670. The third kappa shape index (κ3) is 6.00. The molecule has 2 rings (SSSR count). The molecule has 0 atom stereocenters. The highest BCUT2D eigenvalue weighted by atomic mass is 35.5. The normalized spacial score (nSPS) is 15.2. The smallest absolute Gasteiger partial charge is 0.252 e. The second kappa shape index (κ2) is 10.4. The van der Waals surface area contributed by atoms with Gasteiger partial charge in [0.25, 0.3) is 10.0 Å². The molecule has 1 aromatic rings. The number of sulfonamides is 1. The standard InChI is InChI=1S/C15H25N3O3S2.ClH/c1-2-7-16-8-9-17-14(19)12-13-5-6-15(22-13)23(20,21)18-10-3-4-11-18;/h5-6,16H,2-4,7-12H2,1H3,(H,17,19);1H. The number of carbonyl (C=O) groups excluding carboxylic acids is 1. The fourth-order valence-electron chi connectivity index (χ4n) is 2.46. The predicted octanol–water partition coefficient (Wildman–Crippen LogP) is 1.61. The van der Waals surface area contributed by atoms with E-state index in [1.165, 1.54) is 15.6 Å². The van der Waals surface area contributed by atoms with Crippen LogP contribution in [0.2, 0.25) is 0 Å². The van der Waals surface area contributed by atoms with Crippen LogP contribution in [0.5, 0.6) is 0 Å². The van der Waals surface area contributed by atoms with E-state index in [0.717, 1.165) is 37.2 Å². The highest BCUT2D eigenvalue weighted by molar-refractivity contribution is 7.91. The van der Waals surface area contributed by atoms with Gasteiger partial charge in [0.15, 0.2) is 0 Å². The SMILES string of the molecule is CCCNCCNC(=O)Cc1ccc(S(=O)(=O)N2CCCC2)s1.Cl. The molecule has 24 heavy (non-hydrogen) atoms. The second-order valence-corrected chi connectivity index (χ2v) is 8.94. The van der Waals surface area contributed by atoms with E-state index in [0.29, 0.717) is 23.8 Å². The van der Waals surface area contributed by atoms with E-state index in [-0.39, 0.29) is 24.7 Å². The monoisotopic (exact) mass is 395 g/mol. The Morgan fingerprint density at radius 3 is 2.58 bits per heavy atom. The lowest BCUT2D eigenvalue weighted by Gasteiger charge is -2.13. The first-order valence-corrected chi connectivity index (χ1v) is 10.4. The summed E-state index contributed by atoms with van der Waals surface area (Å²) in [6.07, 6.45) is 3.14. The van der Waals surface area contributed by atoms with Crippen molar-refractivity contribution in [2.45, 2.75) is 36.8 Å². The fourth-order valence-corrected chi connectivity index (χ4v) is 5.49. The van der Waals surface area contributed by atoms with Crippen LogP contribution < -0.4 is 10.6 Å². The van der Waals surface area contributed by atoms with Gasteiger partial charge in [-0.3, -0.25) is 4.79 Å². The summed E-state index contributed by atoms with van der Waals surface area (Å²) >= 11 is 1.20. The minimum Gasteiger partial charge on any atom is -0.355 e. The maximum Gasteiger partial charge on any atom is 0.252 e. The zero-order valence-electron chi connectivity index (χ0n) is 13.9. The van der Waals surface area contributed by atoms with Crippen molar-refractivity contribution in [1.29, 1.82) is 0 Å². The van der Waals surface area contributed by atoms with Gasteiger partial charge >= 0.3 is 0 Å². The highest BCUT2D eigenvalue weighted by Gasteiger charge is 2.28. The van der Waals surface area contributed by atoms with Gasteiger partial charge in [-0.2, -0.15) is 4.31 Å². The topological polar surface area (TPSA) is 78.5 Å². The molecule has 0 aliphatic carbocycles. The highest BCUT2D eigenvalue weighted by Crippen LogP contribution is 2.27. The molecule has 1 aromatic heterocycles. The molecule has 2 N–H and O–H groups in total. The lowest BCUT2D eigenvalue weighted by atomic mass is 10.3. The van der Waals surface area contributed by atoms with Gasteiger partial charge in [0.2, 0.25) is 5.91 Å². The summed E-state index contributed by atoms with van der Waals surface area (Å²) in [5, 5.41) is 6.05. The largest absolute Gasteiger partial charge is 0.355 e. The zero-order chi connectivity index (χ0) is 16.7. The average molecular weight is 396 g/mol. The Labute approximate surface area is 154 Å². The minimum atomic E-state index is -3.37. The van der Waals surface area contributed by atoms with Crippen LogP contribution in [-0.2, 0) is 21.2 Å². The summed E-state index contributed by atoms with van der Waals surface area (Å²) < 4.78 is 26.7. The summed E-state index contributed by atoms with van der Waals surface area (Å²) in [6, 6.07) is 3.35. The molecule has 0 aromatic carbocycles. The Balaban J connectivity index is 0.00000288. The van der Waals surface area contributed by atoms with Gasteiger partial charge in [0.05, 0.1) is 6.42 Å². The summed E-state index contributed by atoms with van der Waals surface area (Å²) in [7, 11) is -3.37. The Morgan fingerprint density at radius 2 is 1.92 bits per heavy atom. The molecular weight excluding hydrogens is 370 g/mol. The molecule has 0 radical (unpaired) electrons. The molecule has 1 aliphatic rings. The third-order valence-corrected chi connectivity index (χ3v) is 7.13. The van der Waals surface area contributed by atoms with Crippen LogP contribution in [0.25, 0.3) is 0 Å². The maximum absolute atomic E-state index is 12.4. The molecule has 0 bridgehead atoms. The van der Waals surface area contributed by atoms with Gasteiger partial charge in [-0.05, 0) is 37.9 Å². The molecule has 1 aliphatic heterocycles. The van der Waals surface area contributed by atoms with Crippen LogP contribution >= 0.6 is 23.7 Å². The molecule has 9 heteroatoms. The van der Waals surface area contributed by atoms with Gasteiger partial charge in [-0.25, -0.2) is 8.42 Å². The van der Waals surface area contributed by atoms with Crippen molar-refractivity contribution in [1.82, 2.24) is 14.9 Å². The van der Waals surface area contributed by atoms with Gasteiger partial charge in [0.1, 0.15) is 4.21 Å². The number of rotatable bonds is 9. The number of nitrogens with zero attached hydrogens (tertiary/aromatic N) is 1. The van der Waals surface area contributed by atoms with Crippen LogP contribution in [-0.4, -0.2) is 51.4 Å². The van der Waals surface area contributed by atoms with Crippen molar-refractivity contribution in [2.75, 3.05) is 32.7 Å². The lowest BCUT2D eigenvalue weighted by molar-refractivity contribution is -0.120. The van der Waals surface area contributed by atoms with E-state index in [1.807, 2.05) is 0 Å². The molecule has 2 heterocycles. The number of hydrogen-bond acceptors (Lipinski definition) is 5. The minimum absolute atomic E-state index is 0. The molecule has 0 spiro atoms. The van der Waals surface area contributed by atoms with Crippen molar-refractivity contribution >= 4 is 39.7 Å². The van der Waals surface area contributed by atoms with Gasteiger partial charge in [-0.1, -0.05) is 6.92 Å². The molecule has 1 fully saturated rings. The van der Waals surface area contributed by atoms with Crippen LogP contribution in [0.4, 0.5) is 0 Å². The van der Waals surface area contributed by atoms with Gasteiger partial charge in [0, 0.05) is 31.1 Å². The first-order chi connectivity index (χ1) is 11.0. The van der Waals surface area contributed by atoms with Crippen LogP contribution in [0, 0.1) is 0 Å². The number of nitrogens with one attached hydrogen (secondary N) is 2. The van der Waals surface area contributed by atoms with Crippen molar-refractivity contribution in [3.05, 3.63) is 17.0 Å². The molecule has 138 valence electrons. The van der Waals surface area contributed by atoms with Gasteiger partial charge < -0.3 is 10.6 Å². The van der Waals surface area contributed by atoms with E-state index in [2.05, 4.69) is 17.6 Å². The van der Waals surface area contributed by atoms with Crippen molar-refractivity contribution in [2.24, 2.45) is 0 Å². The van der Waals surface area contributed by atoms with Crippen molar-refractivity contribution in [3.63, 3.8) is 0 Å². The average Bonchev–Trinajstić information content (AvgIpc) is 3.19. The summed E-state index contributed by atoms with van der Waals surface area (Å²) in [5.74, 6) is -0.0738. The number of thiophene rings is 1. The summed E-state index contributed by atoms with van der Waals surface area (Å²) in [6.45, 7) is 5.57. The number of hydrogen-bond donors (Lipinski definition) is 2. The Morgan fingerprint density at radius 1 is 1.21 bits per heavy atom. The van der Waals surface area contributed by atoms with E-state index >= 15 is 0 Å². The first kappa shape index (κ1) is 21.4. The number of amides is 1. The van der Waals surface area contributed by atoms with Crippen LogP contribution in [0.3, 0.4) is 0 Å². The van der Waals surface area contributed by atoms with E-state index in [4.69, 9.17) is 0 Å². The van der Waals surface area contributed by atoms with Gasteiger partial charge in [-0.15, -0.1) is 23.7 Å². The number of halogens is 1. The Kier molecular flexibility index (Phi) is 9.22. The second-order valence-electron chi connectivity index (χ2n) is 5.61. The first-order valence-electron chi connectivity index (χ1n) is 8.10. The lowest BCUT2D eigenvalue weighted by Crippen LogP contribution is -2.32. The van der Waals surface area contributed by atoms with Crippen LogP contribution in [0.1, 0.15) is 31.1 Å². The molecule has 1 saturated heterocycles.